The fourth-order valence-corrected chi connectivity index (χ4v) is 1.91. The van der Waals surface area contributed by atoms with Gasteiger partial charge in [0, 0.05) is 6.08 Å². The quantitative estimate of drug-likeness (QED) is 0.834. The number of carbonyl (C=O) groups is 2. The standard InChI is InChI=1S/C17H14FNO3/c18-14-8-4-5-12(11-14)9-10-15(20)19-16(17(21)22)13-6-2-1-3-7-13/h1-11,16H,(H,19,20)(H,21,22)/b10-9+. The predicted octanol–water partition coefficient (Wildman–Crippen LogP) is 2.78. The molecule has 0 radical (unpaired) electrons. The summed E-state index contributed by atoms with van der Waals surface area (Å²) in [6.45, 7) is 0. The minimum Gasteiger partial charge on any atom is -0.479 e. The molecular formula is C17H14FNO3. The van der Waals surface area contributed by atoms with E-state index in [0.717, 1.165) is 0 Å². The van der Waals surface area contributed by atoms with E-state index < -0.39 is 23.7 Å². The molecule has 0 heterocycles. The van der Waals surface area contributed by atoms with Crippen LogP contribution in [0.25, 0.3) is 6.08 Å². The van der Waals surface area contributed by atoms with Crippen LogP contribution >= 0.6 is 0 Å². The monoisotopic (exact) mass is 299 g/mol. The highest BCUT2D eigenvalue weighted by atomic mass is 19.1. The topological polar surface area (TPSA) is 66.4 Å². The van der Waals surface area contributed by atoms with Gasteiger partial charge in [-0.25, -0.2) is 9.18 Å². The van der Waals surface area contributed by atoms with E-state index in [4.69, 9.17) is 0 Å². The van der Waals surface area contributed by atoms with Crippen LogP contribution in [-0.2, 0) is 9.59 Å². The normalized spacial score (nSPS) is 12.0. The van der Waals surface area contributed by atoms with Crippen molar-refractivity contribution in [3.8, 4) is 0 Å². The van der Waals surface area contributed by atoms with Crippen molar-refractivity contribution in [2.45, 2.75) is 6.04 Å². The van der Waals surface area contributed by atoms with E-state index in [9.17, 15) is 19.1 Å². The first-order valence-corrected chi connectivity index (χ1v) is 6.58. The Morgan fingerprint density at radius 2 is 1.82 bits per heavy atom. The van der Waals surface area contributed by atoms with Crippen LogP contribution in [0.2, 0.25) is 0 Å². The van der Waals surface area contributed by atoms with Crippen molar-refractivity contribution in [2.75, 3.05) is 0 Å². The molecule has 112 valence electrons. The van der Waals surface area contributed by atoms with Crippen molar-refractivity contribution in [1.82, 2.24) is 5.32 Å². The molecule has 0 aliphatic rings. The van der Waals surface area contributed by atoms with Gasteiger partial charge < -0.3 is 10.4 Å². The summed E-state index contributed by atoms with van der Waals surface area (Å²) in [5.74, 6) is -2.13. The van der Waals surface area contributed by atoms with E-state index in [1.54, 1.807) is 36.4 Å². The van der Waals surface area contributed by atoms with Crippen molar-refractivity contribution in [1.29, 1.82) is 0 Å². The second-order valence-corrected chi connectivity index (χ2v) is 4.58. The third-order valence-corrected chi connectivity index (χ3v) is 2.94. The van der Waals surface area contributed by atoms with Crippen molar-refractivity contribution < 1.29 is 19.1 Å². The molecule has 0 fully saturated rings. The fraction of sp³-hybridized carbons (Fsp3) is 0.0588. The van der Waals surface area contributed by atoms with Crippen LogP contribution < -0.4 is 5.32 Å². The maximum Gasteiger partial charge on any atom is 0.330 e. The minimum absolute atomic E-state index is 0.407. The molecule has 1 atom stereocenters. The fourth-order valence-electron chi connectivity index (χ4n) is 1.91. The van der Waals surface area contributed by atoms with E-state index >= 15 is 0 Å². The molecule has 0 saturated carbocycles. The summed E-state index contributed by atoms with van der Waals surface area (Å²) in [5, 5.41) is 11.6. The maximum absolute atomic E-state index is 13.0. The number of carbonyl (C=O) groups excluding carboxylic acids is 1. The molecule has 0 spiro atoms. The summed E-state index contributed by atoms with van der Waals surface area (Å²) in [5.41, 5.74) is 0.990. The van der Waals surface area contributed by atoms with Crippen molar-refractivity contribution >= 4 is 18.0 Å². The summed E-state index contributed by atoms with van der Waals surface area (Å²) in [4.78, 5) is 23.1. The van der Waals surface area contributed by atoms with Crippen LogP contribution in [0.15, 0.2) is 60.7 Å². The van der Waals surface area contributed by atoms with Gasteiger partial charge in [0.05, 0.1) is 0 Å². The van der Waals surface area contributed by atoms with Gasteiger partial charge >= 0.3 is 5.97 Å². The minimum atomic E-state index is -1.15. The second-order valence-electron chi connectivity index (χ2n) is 4.58. The van der Waals surface area contributed by atoms with E-state index in [1.165, 1.54) is 30.4 Å². The highest BCUT2D eigenvalue weighted by Gasteiger charge is 2.20. The van der Waals surface area contributed by atoms with Crippen LogP contribution in [0.1, 0.15) is 17.2 Å². The van der Waals surface area contributed by atoms with E-state index in [-0.39, 0.29) is 0 Å². The average Bonchev–Trinajstić information content (AvgIpc) is 2.51. The number of amides is 1. The van der Waals surface area contributed by atoms with E-state index in [0.29, 0.717) is 11.1 Å². The van der Waals surface area contributed by atoms with Gasteiger partial charge in [-0.1, -0.05) is 42.5 Å². The molecule has 1 amide bonds. The first-order chi connectivity index (χ1) is 10.6. The van der Waals surface area contributed by atoms with Crippen LogP contribution in [0.3, 0.4) is 0 Å². The highest BCUT2D eigenvalue weighted by molar-refractivity contribution is 5.94. The number of carboxylic acid groups (broad SMARTS) is 1. The molecule has 5 heteroatoms. The largest absolute Gasteiger partial charge is 0.479 e. The first-order valence-electron chi connectivity index (χ1n) is 6.58. The van der Waals surface area contributed by atoms with Crippen LogP contribution in [0.5, 0.6) is 0 Å². The van der Waals surface area contributed by atoms with Gasteiger partial charge in [-0.3, -0.25) is 4.79 Å². The lowest BCUT2D eigenvalue weighted by atomic mass is 10.1. The molecule has 0 aromatic heterocycles. The molecule has 22 heavy (non-hydrogen) atoms. The van der Waals surface area contributed by atoms with E-state index in [1.807, 2.05) is 0 Å². The maximum atomic E-state index is 13.0. The lowest BCUT2D eigenvalue weighted by molar-refractivity contribution is -0.141. The molecule has 0 aliphatic heterocycles. The van der Waals surface area contributed by atoms with Crippen LogP contribution in [-0.4, -0.2) is 17.0 Å². The molecule has 2 N–H and O–H groups in total. The molecular weight excluding hydrogens is 285 g/mol. The summed E-state index contributed by atoms with van der Waals surface area (Å²) >= 11 is 0. The zero-order valence-electron chi connectivity index (χ0n) is 11.6. The number of benzene rings is 2. The molecule has 4 nitrogen and oxygen atoms in total. The first kappa shape index (κ1) is 15.4. The molecule has 2 aromatic carbocycles. The zero-order chi connectivity index (χ0) is 15.9. The van der Waals surface area contributed by atoms with Crippen molar-refractivity contribution in [2.24, 2.45) is 0 Å². The Balaban J connectivity index is 2.07. The Morgan fingerprint density at radius 1 is 1.09 bits per heavy atom. The lowest BCUT2D eigenvalue weighted by Crippen LogP contribution is -2.32. The van der Waals surface area contributed by atoms with E-state index in [2.05, 4.69) is 5.32 Å². The Hall–Kier alpha value is -2.95. The van der Waals surface area contributed by atoms with Crippen LogP contribution in [0.4, 0.5) is 4.39 Å². The number of rotatable bonds is 5. The van der Waals surface area contributed by atoms with Gasteiger partial charge in [-0.05, 0) is 29.3 Å². The van der Waals surface area contributed by atoms with Gasteiger partial charge in [0.2, 0.25) is 5.91 Å². The molecule has 2 aromatic rings. The van der Waals surface area contributed by atoms with Gasteiger partial charge in [-0.15, -0.1) is 0 Å². The van der Waals surface area contributed by atoms with Gasteiger partial charge in [-0.2, -0.15) is 0 Å². The van der Waals surface area contributed by atoms with Crippen LogP contribution in [0, 0.1) is 5.82 Å². The lowest BCUT2D eigenvalue weighted by Gasteiger charge is -2.13. The predicted molar refractivity (Wildman–Crippen MR) is 80.4 cm³/mol. The number of aliphatic carboxylic acids is 1. The number of hydrogen-bond acceptors (Lipinski definition) is 2. The van der Waals surface area contributed by atoms with Gasteiger partial charge in [0.1, 0.15) is 5.82 Å². The van der Waals surface area contributed by atoms with Gasteiger partial charge in [0.25, 0.3) is 0 Å². The Kier molecular flexibility index (Phi) is 5.03. The summed E-state index contributed by atoms with van der Waals surface area (Å²) in [7, 11) is 0. The molecule has 0 aliphatic carbocycles. The Bertz CT molecular complexity index is 698. The number of carboxylic acids is 1. The number of hydrogen-bond donors (Lipinski definition) is 2. The molecule has 1 unspecified atom stereocenters. The number of halogens is 1. The molecule has 0 saturated heterocycles. The third-order valence-electron chi connectivity index (χ3n) is 2.94. The molecule has 0 bridgehead atoms. The van der Waals surface area contributed by atoms with Crippen molar-refractivity contribution in [3.05, 3.63) is 77.6 Å². The average molecular weight is 299 g/mol. The molecule has 2 rings (SSSR count). The smallest absolute Gasteiger partial charge is 0.330 e. The second kappa shape index (κ2) is 7.17. The SMILES string of the molecule is O=C(/C=C/c1cccc(F)c1)NC(C(=O)O)c1ccccc1. The number of nitrogens with one attached hydrogen (secondary N) is 1. The highest BCUT2D eigenvalue weighted by Crippen LogP contribution is 2.13. The summed E-state index contributed by atoms with van der Waals surface area (Å²) in [6.07, 6.45) is 2.59. The summed E-state index contributed by atoms with van der Waals surface area (Å²) < 4.78 is 13.0. The third kappa shape index (κ3) is 4.28. The zero-order valence-corrected chi connectivity index (χ0v) is 11.6. The van der Waals surface area contributed by atoms with Gasteiger partial charge in [0.15, 0.2) is 6.04 Å². The summed E-state index contributed by atoms with van der Waals surface area (Å²) in [6, 6.07) is 13.0. The Morgan fingerprint density at radius 3 is 2.45 bits per heavy atom. The Labute approximate surface area is 126 Å². The van der Waals surface area contributed by atoms with Crippen molar-refractivity contribution in [3.63, 3.8) is 0 Å².